The van der Waals surface area contributed by atoms with Crippen molar-refractivity contribution in [2.45, 2.75) is 25.0 Å². The molecule has 29 heavy (non-hydrogen) atoms. The first-order chi connectivity index (χ1) is 13.8. The maximum Gasteiger partial charge on any atom is 0.332 e. The van der Waals surface area contributed by atoms with E-state index in [1.807, 2.05) is 36.4 Å². The maximum absolute atomic E-state index is 12.0. The van der Waals surface area contributed by atoms with Crippen LogP contribution in [-0.2, 0) is 20.8 Å². The van der Waals surface area contributed by atoms with E-state index in [0.717, 1.165) is 11.1 Å². The van der Waals surface area contributed by atoms with Gasteiger partial charge in [-0.1, -0.05) is 54.1 Å². The summed E-state index contributed by atoms with van der Waals surface area (Å²) in [5.41, 5.74) is 6.95. The number of aliphatic hydroxyl groups is 1. The van der Waals surface area contributed by atoms with Crippen molar-refractivity contribution in [1.29, 1.82) is 0 Å². The number of carbonyl (C=O) groups is 3. The van der Waals surface area contributed by atoms with Crippen molar-refractivity contribution in [3.8, 4) is 11.1 Å². The Morgan fingerprint density at radius 1 is 1.07 bits per heavy atom. The maximum atomic E-state index is 12.0. The molecule has 0 unspecified atom stereocenters. The number of nitrogens with one attached hydrogen (secondary N) is 3. The predicted octanol–water partition coefficient (Wildman–Crippen LogP) is 1.12. The van der Waals surface area contributed by atoms with Crippen molar-refractivity contribution in [2.24, 2.45) is 0 Å². The highest BCUT2D eigenvalue weighted by Gasteiger charge is 2.24. The molecule has 154 valence electrons. The van der Waals surface area contributed by atoms with Crippen LogP contribution in [-0.4, -0.2) is 47.2 Å². The second-order valence-corrected chi connectivity index (χ2v) is 6.76. The number of hydrogen-bond acceptors (Lipinski definition) is 5. The number of carboxylic acids is 1. The fourth-order valence-electron chi connectivity index (χ4n) is 2.81. The number of amides is 2. The van der Waals surface area contributed by atoms with Crippen molar-refractivity contribution in [2.75, 3.05) is 7.05 Å². The molecular formula is C20H22ClN3O5. The monoisotopic (exact) mass is 419 g/mol. The lowest BCUT2D eigenvalue weighted by Gasteiger charge is -2.20. The molecule has 2 amide bonds. The lowest BCUT2D eigenvalue weighted by atomic mass is 9.97. The van der Waals surface area contributed by atoms with Crippen LogP contribution in [0.1, 0.15) is 12.0 Å². The molecule has 0 aliphatic carbocycles. The van der Waals surface area contributed by atoms with Crippen LogP contribution in [0.2, 0.25) is 5.02 Å². The Hall–Kier alpha value is -2.94. The van der Waals surface area contributed by atoms with Crippen LogP contribution in [0.15, 0.2) is 48.5 Å². The third kappa shape index (κ3) is 6.56. The summed E-state index contributed by atoms with van der Waals surface area (Å²) in [7, 11) is 1.42. The second kappa shape index (κ2) is 10.6. The summed E-state index contributed by atoms with van der Waals surface area (Å²) in [4.78, 5) is 34.6. The van der Waals surface area contributed by atoms with Gasteiger partial charge in [-0.3, -0.25) is 15.0 Å². The summed E-state index contributed by atoms with van der Waals surface area (Å²) in [5.74, 6) is -3.30. The van der Waals surface area contributed by atoms with E-state index < -0.39 is 29.9 Å². The molecule has 0 aliphatic rings. The van der Waals surface area contributed by atoms with Gasteiger partial charge in [0.2, 0.25) is 0 Å². The summed E-state index contributed by atoms with van der Waals surface area (Å²) in [6.07, 6.45) is -1.78. The van der Waals surface area contributed by atoms with E-state index in [4.69, 9.17) is 16.7 Å². The molecule has 9 heteroatoms. The largest absolute Gasteiger partial charge is 0.479 e. The smallest absolute Gasteiger partial charge is 0.332 e. The second-order valence-electron chi connectivity index (χ2n) is 6.35. The van der Waals surface area contributed by atoms with Crippen LogP contribution in [0.3, 0.4) is 0 Å². The first-order valence-electron chi connectivity index (χ1n) is 8.84. The normalized spacial score (nSPS) is 12.7. The highest BCUT2D eigenvalue weighted by molar-refractivity contribution is 6.35. The van der Waals surface area contributed by atoms with Gasteiger partial charge in [-0.05, 0) is 23.6 Å². The number of rotatable bonds is 8. The Bertz CT molecular complexity index is 876. The minimum Gasteiger partial charge on any atom is -0.479 e. The number of hydrazine groups is 1. The molecule has 0 saturated heterocycles. The van der Waals surface area contributed by atoms with Crippen molar-refractivity contribution in [3.63, 3.8) is 0 Å². The average Bonchev–Trinajstić information content (AvgIpc) is 2.68. The Balaban J connectivity index is 2.18. The molecule has 8 nitrogen and oxygen atoms in total. The molecular weight excluding hydrogens is 398 g/mol. The lowest BCUT2D eigenvalue weighted by molar-refractivity contribution is -0.147. The van der Waals surface area contributed by atoms with Crippen LogP contribution in [0.25, 0.3) is 11.1 Å². The number of aliphatic carboxylic acids is 1. The van der Waals surface area contributed by atoms with Gasteiger partial charge in [0.05, 0.1) is 0 Å². The summed E-state index contributed by atoms with van der Waals surface area (Å²) in [6, 6.07) is 14.1. The topological polar surface area (TPSA) is 128 Å². The van der Waals surface area contributed by atoms with Gasteiger partial charge >= 0.3 is 17.8 Å². The van der Waals surface area contributed by atoms with E-state index in [1.54, 1.807) is 12.1 Å². The van der Waals surface area contributed by atoms with E-state index in [0.29, 0.717) is 10.6 Å². The number of carbonyl (C=O) groups excluding carboxylic acids is 2. The van der Waals surface area contributed by atoms with E-state index >= 15 is 0 Å². The number of hydrogen-bond donors (Lipinski definition) is 5. The van der Waals surface area contributed by atoms with Gasteiger partial charge in [0.15, 0.2) is 6.10 Å². The highest BCUT2D eigenvalue weighted by Crippen LogP contribution is 2.29. The van der Waals surface area contributed by atoms with Gasteiger partial charge < -0.3 is 15.5 Å². The highest BCUT2D eigenvalue weighted by atomic mass is 35.5. The van der Waals surface area contributed by atoms with Gasteiger partial charge in [-0.2, -0.15) is 0 Å². The zero-order chi connectivity index (χ0) is 21.4. The molecule has 5 N–H and O–H groups in total. The third-order valence-corrected chi connectivity index (χ3v) is 4.49. The first kappa shape index (κ1) is 22.4. The molecule has 0 heterocycles. The Morgan fingerprint density at radius 3 is 2.34 bits per heavy atom. The van der Waals surface area contributed by atoms with Gasteiger partial charge in [-0.25, -0.2) is 10.2 Å². The minimum atomic E-state index is -1.69. The standard InChI is InChI=1S/C20H22ClN3O5/c1-22-24-19(27)18(26)23-14(11-17(25)20(28)29)9-12-7-8-15(16(21)10-12)13-5-3-2-4-6-13/h2-8,10,14,17,22,25H,9,11H2,1H3,(H,23,26)(H,24,27)(H,28,29)/t14-,17-/m1/s1. The Kier molecular flexibility index (Phi) is 8.14. The molecule has 0 spiro atoms. The fraction of sp³-hybridized carbons (Fsp3) is 0.250. The zero-order valence-corrected chi connectivity index (χ0v) is 16.4. The SMILES string of the molecule is CNNC(=O)C(=O)N[C@H](Cc1ccc(-c2ccccc2)c(Cl)c1)C[C@@H](O)C(=O)O. The third-order valence-electron chi connectivity index (χ3n) is 4.17. The van der Waals surface area contributed by atoms with Gasteiger partial charge in [0, 0.05) is 30.1 Å². The van der Waals surface area contributed by atoms with Crippen molar-refractivity contribution < 1.29 is 24.6 Å². The molecule has 0 aliphatic heterocycles. The minimum absolute atomic E-state index is 0.178. The molecule has 0 saturated carbocycles. The quantitative estimate of drug-likeness (QED) is 0.322. The molecule has 2 aromatic carbocycles. The first-order valence-corrected chi connectivity index (χ1v) is 9.22. The van der Waals surface area contributed by atoms with E-state index in [1.165, 1.54) is 7.05 Å². The number of benzene rings is 2. The Morgan fingerprint density at radius 2 is 1.76 bits per heavy atom. The molecule has 2 rings (SSSR count). The van der Waals surface area contributed by atoms with Gasteiger partial charge in [-0.15, -0.1) is 0 Å². The van der Waals surface area contributed by atoms with E-state index in [-0.39, 0.29) is 12.8 Å². The van der Waals surface area contributed by atoms with Crippen LogP contribution < -0.4 is 16.2 Å². The summed E-state index contributed by atoms with van der Waals surface area (Å²) in [6.45, 7) is 0. The van der Waals surface area contributed by atoms with E-state index in [2.05, 4.69) is 16.2 Å². The molecule has 0 aromatic heterocycles. The molecule has 2 atom stereocenters. The van der Waals surface area contributed by atoms with E-state index in [9.17, 15) is 19.5 Å². The number of carboxylic acid groups (broad SMARTS) is 1. The summed E-state index contributed by atoms with van der Waals surface area (Å²) < 4.78 is 0. The van der Waals surface area contributed by atoms with Crippen molar-refractivity contribution >= 4 is 29.4 Å². The van der Waals surface area contributed by atoms with Gasteiger partial charge in [0.25, 0.3) is 0 Å². The summed E-state index contributed by atoms with van der Waals surface area (Å²) >= 11 is 6.40. The zero-order valence-electron chi connectivity index (χ0n) is 15.7. The van der Waals surface area contributed by atoms with Crippen LogP contribution in [0.4, 0.5) is 0 Å². The average molecular weight is 420 g/mol. The van der Waals surface area contributed by atoms with Crippen LogP contribution in [0, 0.1) is 0 Å². The van der Waals surface area contributed by atoms with Gasteiger partial charge in [0.1, 0.15) is 0 Å². The summed E-state index contributed by atoms with van der Waals surface area (Å²) in [5, 5.41) is 21.6. The lowest BCUT2D eigenvalue weighted by Crippen LogP contribution is -2.49. The molecule has 0 bridgehead atoms. The Labute approximate surface area is 172 Å². The number of aliphatic hydroxyl groups excluding tert-OH is 1. The fourth-order valence-corrected chi connectivity index (χ4v) is 3.12. The molecule has 0 radical (unpaired) electrons. The van der Waals surface area contributed by atoms with Crippen molar-refractivity contribution in [1.82, 2.24) is 16.2 Å². The van der Waals surface area contributed by atoms with Crippen molar-refractivity contribution in [3.05, 3.63) is 59.1 Å². The predicted molar refractivity (Wildman–Crippen MR) is 108 cm³/mol. The van der Waals surface area contributed by atoms with Crippen LogP contribution >= 0.6 is 11.6 Å². The molecule has 0 fully saturated rings. The van der Waals surface area contributed by atoms with Crippen LogP contribution in [0.5, 0.6) is 0 Å². The number of halogens is 1. The molecule has 2 aromatic rings.